The smallest absolute Gasteiger partial charge is 0.122 e. The number of hydrogen-bond donors (Lipinski definition) is 1. The number of aliphatic hydroxyl groups excluding tert-OH is 1. The van der Waals surface area contributed by atoms with E-state index < -0.39 is 0 Å². The molecule has 2 atom stereocenters. The van der Waals surface area contributed by atoms with E-state index in [-0.39, 0.29) is 6.10 Å². The van der Waals surface area contributed by atoms with Gasteiger partial charge < -0.3 is 9.84 Å². The summed E-state index contributed by atoms with van der Waals surface area (Å²) in [5, 5.41) is 9.24. The molecular formula is C10H12O2. The predicted molar refractivity (Wildman–Crippen MR) is 46.4 cm³/mol. The van der Waals surface area contributed by atoms with Crippen molar-refractivity contribution in [1.82, 2.24) is 0 Å². The Kier molecular flexibility index (Phi) is 1.77. The minimum Gasteiger partial charge on any atom is -0.496 e. The molecule has 2 unspecified atom stereocenters. The molecule has 0 saturated heterocycles. The normalized spacial score (nSPS) is 26.8. The Morgan fingerprint density at radius 2 is 2.08 bits per heavy atom. The molecule has 1 aromatic carbocycles. The molecule has 1 fully saturated rings. The second-order valence-corrected chi connectivity index (χ2v) is 3.15. The second kappa shape index (κ2) is 2.79. The van der Waals surface area contributed by atoms with Gasteiger partial charge in [0.25, 0.3) is 0 Å². The van der Waals surface area contributed by atoms with Gasteiger partial charge in [-0.05, 0) is 18.1 Å². The maximum absolute atomic E-state index is 9.24. The Morgan fingerprint density at radius 3 is 2.67 bits per heavy atom. The third-order valence-corrected chi connectivity index (χ3v) is 2.30. The highest BCUT2D eigenvalue weighted by Gasteiger charge is 2.38. The van der Waals surface area contributed by atoms with E-state index in [1.807, 2.05) is 24.3 Å². The van der Waals surface area contributed by atoms with Crippen LogP contribution < -0.4 is 4.74 Å². The molecule has 2 heteroatoms. The summed E-state index contributed by atoms with van der Waals surface area (Å²) in [5.74, 6) is 1.19. The Balaban J connectivity index is 2.29. The van der Waals surface area contributed by atoms with Crippen LogP contribution in [0.3, 0.4) is 0 Å². The summed E-state index contributed by atoms with van der Waals surface area (Å²) in [7, 11) is 1.66. The number of hydrogen-bond acceptors (Lipinski definition) is 2. The van der Waals surface area contributed by atoms with E-state index in [9.17, 15) is 5.11 Å². The lowest BCUT2D eigenvalue weighted by Gasteiger charge is -2.05. The molecule has 0 aliphatic heterocycles. The summed E-state index contributed by atoms with van der Waals surface area (Å²) in [5.41, 5.74) is 1.13. The van der Waals surface area contributed by atoms with Crippen LogP contribution in [0, 0.1) is 0 Å². The van der Waals surface area contributed by atoms with Gasteiger partial charge in [-0.1, -0.05) is 18.2 Å². The van der Waals surface area contributed by atoms with Crippen LogP contribution in [0.5, 0.6) is 5.75 Å². The van der Waals surface area contributed by atoms with Gasteiger partial charge in [0, 0.05) is 5.92 Å². The first-order valence-electron chi connectivity index (χ1n) is 4.14. The predicted octanol–water partition coefficient (Wildman–Crippen LogP) is 1.54. The molecule has 64 valence electrons. The van der Waals surface area contributed by atoms with E-state index in [1.54, 1.807) is 7.11 Å². The molecule has 1 aliphatic carbocycles. The Labute approximate surface area is 71.8 Å². The Morgan fingerprint density at radius 1 is 1.42 bits per heavy atom. The number of para-hydroxylation sites is 1. The van der Waals surface area contributed by atoms with Crippen LogP contribution in [-0.2, 0) is 0 Å². The second-order valence-electron chi connectivity index (χ2n) is 3.15. The zero-order valence-electron chi connectivity index (χ0n) is 7.03. The number of benzene rings is 1. The topological polar surface area (TPSA) is 29.5 Å². The first-order chi connectivity index (χ1) is 5.83. The summed E-state index contributed by atoms with van der Waals surface area (Å²) in [6.45, 7) is 0. The van der Waals surface area contributed by atoms with Gasteiger partial charge in [0.1, 0.15) is 5.75 Å². The number of rotatable bonds is 2. The third kappa shape index (κ3) is 1.18. The molecule has 0 spiro atoms. The quantitative estimate of drug-likeness (QED) is 0.718. The molecule has 0 aromatic heterocycles. The van der Waals surface area contributed by atoms with Gasteiger partial charge in [0.05, 0.1) is 13.2 Å². The highest BCUT2D eigenvalue weighted by Crippen LogP contribution is 2.44. The summed E-state index contributed by atoms with van der Waals surface area (Å²) >= 11 is 0. The van der Waals surface area contributed by atoms with Crippen LogP contribution in [0.2, 0.25) is 0 Å². The van der Waals surface area contributed by atoms with Gasteiger partial charge in [0.15, 0.2) is 0 Å². The van der Waals surface area contributed by atoms with Crippen molar-refractivity contribution < 1.29 is 9.84 Å². The van der Waals surface area contributed by atoms with Crippen LogP contribution in [-0.4, -0.2) is 18.3 Å². The van der Waals surface area contributed by atoms with Crippen molar-refractivity contribution in [3.05, 3.63) is 29.8 Å². The van der Waals surface area contributed by atoms with Crippen LogP contribution in [0.15, 0.2) is 24.3 Å². The Hall–Kier alpha value is -1.02. The molecule has 0 bridgehead atoms. The number of methoxy groups -OCH3 is 1. The van der Waals surface area contributed by atoms with E-state index in [0.717, 1.165) is 17.7 Å². The van der Waals surface area contributed by atoms with Gasteiger partial charge in [-0.15, -0.1) is 0 Å². The van der Waals surface area contributed by atoms with Crippen molar-refractivity contribution in [2.75, 3.05) is 7.11 Å². The molecule has 1 aliphatic rings. The molecule has 0 heterocycles. The van der Waals surface area contributed by atoms with Gasteiger partial charge >= 0.3 is 0 Å². The van der Waals surface area contributed by atoms with Crippen LogP contribution in [0.4, 0.5) is 0 Å². The standard InChI is InChI=1S/C10H12O2/c1-12-10-5-3-2-4-7(10)8-6-9(8)11/h2-5,8-9,11H,6H2,1H3. The number of aliphatic hydroxyl groups is 1. The average molecular weight is 164 g/mol. The lowest BCUT2D eigenvalue weighted by molar-refractivity contribution is 0.270. The fourth-order valence-electron chi connectivity index (χ4n) is 1.49. The fourth-order valence-corrected chi connectivity index (χ4v) is 1.49. The highest BCUT2D eigenvalue weighted by atomic mass is 16.5. The molecule has 1 N–H and O–H groups in total. The van der Waals surface area contributed by atoms with Crippen LogP contribution in [0.25, 0.3) is 0 Å². The van der Waals surface area contributed by atoms with E-state index in [4.69, 9.17) is 4.74 Å². The lowest BCUT2D eigenvalue weighted by atomic mass is 10.1. The van der Waals surface area contributed by atoms with E-state index in [2.05, 4.69) is 0 Å². The summed E-state index contributed by atoms with van der Waals surface area (Å²) in [4.78, 5) is 0. The van der Waals surface area contributed by atoms with Gasteiger partial charge in [-0.25, -0.2) is 0 Å². The summed E-state index contributed by atoms with van der Waals surface area (Å²) in [6.07, 6.45) is 0.724. The van der Waals surface area contributed by atoms with E-state index in [0.29, 0.717) is 5.92 Å². The largest absolute Gasteiger partial charge is 0.496 e. The van der Waals surface area contributed by atoms with Crippen molar-refractivity contribution in [2.24, 2.45) is 0 Å². The summed E-state index contributed by atoms with van der Waals surface area (Å²) in [6, 6.07) is 7.86. The minimum absolute atomic E-state index is 0.152. The monoisotopic (exact) mass is 164 g/mol. The zero-order valence-corrected chi connectivity index (χ0v) is 7.03. The SMILES string of the molecule is COc1ccccc1C1CC1O. The summed E-state index contributed by atoms with van der Waals surface area (Å²) < 4.78 is 5.18. The zero-order chi connectivity index (χ0) is 8.55. The molecule has 0 radical (unpaired) electrons. The third-order valence-electron chi connectivity index (χ3n) is 2.30. The molecule has 1 saturated carbocycles. The maximum atomic E-state index is 9.24. The highest BCUT2D eigenvalue weighted by molar-refractivity contribution is 5.39. The van der Waals surface area contributed by atoms with E-state index >= 15 is 0 Å². The fraction of sp³-hybridized carbons (Fsp3) is 0.400. The number of ether oxygens (including phenoxy) is 1. The van der Waals surface area contributed by atoms with Gasteiger partial charge in [-0.3, -0.25) is 0 Å². The van der Waals surface area contributed by atoms with Crippen LogP contribution in [0.1, 0.15) is 17.9 Å². The molecule has 0 amide bonds. The van der Waals surface area contributed by atoms with E-state index in [1.165, 1.54) is 0 Å². The van der Waals surface area contributed by atoms with Crippen molar-refractivity contribution in [1.29, 1.82) is 0 Å². The van der Waals surface area contributed by atoms with Crippen LogP contribution >= 0.6 is 0 Å². The molecule has 12 heavy (non-hydrogen) atoms. The van der Waals surface area contributed by atoms with Crippen molar-refractivity contribution in [3.63, 3.8) is 0 Å². The Bertz CT molecular complexity index is 283. The molecule has 2 rings (SSSR count). The first-order valence-corrected chi connectivity index (χ1v) is 4.14. The molecule has 2 nitrogen and oxygen atoms in total. The first kappa shape index (κ1) is 7.62. The molecule has 1 aromatic rings. The lowest BCUT2D eigenvalue weighted by Crippen LogP contribution is -1.91. The average Bonchev–Trinajstić information content (AvgIpc) is 2.83. The minimum atomic E-state index is -0.152. The van der Waals surface area contributed by atoms with Crippen molar-refractivity contribution >= 4 is 0 Å². The maximum Gasteiger partial charge on any atom is 0.122 e. The van der Waals surface area contributed by atoms with Crippen molar-refractivity contribution in [3.8, 4) is 5.75 Å². The van der Waals surface area contributed by atoms with Gasteiger partial charge in [-0.2, -0.15) is 0 Å². The van der Waals surface area contributed by atoms with Crippen molar-refractivity contribution in [2.45, 2.75) is 18.4 Å². The van der Waals surface area contributed by atoms with Gasteiger partial charge in [0.2, 0.25) is 0 Å². The molecular weight excluding hydrogens is 152 g/mol.